The zero-order valence-electron chi connectivity index (χ0n) is 11.7. The van der Waals surface area contributed by atoms with Crippen LogP contribution in [-0.4, -0.2) is 0 Å². The van der Waals surface area contributed by atoms with Crippen LogP contribution in [0.5, 0.6) is 0 Å². The predicted octanol–water partition coefficient (Wildman–Crippen LogP) is 4.82. The summed E-state index contributed by atoms with van der Waals surface area (Å²) in [4.78, 5) is 0. The molecule has 1 aromatic carbocycles. The largest absolute Gasteiger partial charge is 0.0625 e. The minimum absolute atomic E-state index is 0.266. The van der Waals surface area contributed by atoms with Crippen molar-refractivity contribution in [3.05, 3.63) is 35.4 Å². The van der Waals surface area contributed by atoms with Gasteiger partial charge in [0.2, 0.25) is 0 Å². The normalized spacial score (nSPS) is 14.2. The molecule has 0 aliphatic rings. The van der Waals surface area contributed by atoms with E-state index < -0.39 is 0 Å². The summed E-state index contributed by atoms with van der Waals surface area (Å²) in [5.41, 5.74) is 3.16. The third-order valence-corrected chi connectivity index (χ3v) is 3.52. The van der Waals surface area contributed by atoms with Gasteiger partial charge in [-0.1, -0.05) is 65.8 Å². The van der Waals surface area contributed by atoms with Gasteiger partial charge in [0.1, 0.15) is 0 Å². The molecular weight excluding hydrogens is 192 g/mol. The van der Waals surface area contributed by atoms with Gasteiger partial charge in [-0.2, -0.15) is 0 Å². The molecule has 0 N–H and O–H groups in total. The fourth-order valence-corrected chi connectivity index (χ4v) is 1.75. The number of hydrogen-bond acceptors (Lipinski definition) is 0. The van der Waals surface area contributed by atoms with Gasteiger partial charge in [-0.15, -0.1) is 0 Å². The fourth-order valence-electron chi connectivity index (χ4n) is 1.75. The van der Waals surface area contributed by atoms with Crippen LogP contribution in [0.3, 0.4) is 0 Å². The summed E-state index contributed by atoms with van der Waals surface area (Å²) in [5, 5.41) is 0. The molecule has 0 amide bonds. The fraction of sp³-hybridized carbons (Fsp3) is 0.625. The molecule has 0 nitrogen and oxygen atoms in total. The second kappa shape index (κ2) is 5.03. The standard InChI is InChI=1S/C16H26/c1-12(2)13(3)11-14-7-9-15(10-8-14)16(4,5)6/h7-10,12-13H,11H2,1-6H3. The van der Waals surface area contributed by atoms with Crippen molar-refractivity contribution in [3.8, 4) is 0 Å². The molecule has 1 rings (SSSR count). The van der Waals surface area contributed by atoms with Crippen LogP contribution in [0.1, 0.15) is 52.7 Å². The molecule has 0 saturated carbocycles. The molecule has 0 aliphatic heterocycles. The molecule has 0 heterocycles. The first-order valence-electron chi connectivity index (χ1n) is 6.40. The second-order valence-electron chi connectivity index (χ2n) is 6.37. The minimum Gasteiger partial charge on any atom is -0.0625 e. The van der Waals surface area contributed by atoms with Crippen molar-refractivity contribution in [2.45, 2.75) is 53.4 Å². The van der Waals surface area contributed by atoms with E-state index in [2.05, 4.69) is 65.8 Å². The quantitative estimate of drug-likeness (QED) is 0.682. The van der Waals surface area contributed by atoms with Gasteiger partial charge in [0.05, 0.1) is 0 Å². The molecule has 0 heteroatoms. The van der Waals surface area contributed by atoms with E-state index in [1.807, 2.05) is 0 Å². The van der Waals surface area contributed by atoms with Crippen LogP contribution in [-0.2, 0) is 11.8 Å². The smallest absolute Gasteiger partial charge is 0.0132 e. The summed E-state index contributed by atoms with van der Waals surface area (Å²) in [6, 6.07) is 9.14. The number of rotatable bonds is 3. The molecule has 0 spiro atoms. The highest BCUT2D eigenvalue weighted by Gasteiger charge is 2.13. The maximum absolute atomic E-state index is 2.34. The molecule has 0 fully saturated rings. The van der Waals surface area contributed by atoms with Gasteiger partial charge in [-0.3, -0.25) is 0 Å². The summed E-state index contributed by atoms with van der Waals surface area (Å²) >= 11 is 0. The lowest BCUT2D eigenvalue weighted by Crippen LogP contribution is -2.11. The van der Waals surface area contributed by atoms with Gasteiger partial charge in [-0.05, 0) is 34.8 Å². The molecule has 1 unspecified atom stereocenters. The third kappa shape index (κ3) is 3.66. The highest BCUT2D eigenvalue weighted by molar-refractivity contribution is 5.27. The van der Waals surface area contributed by atoms with E-state index in [1.165, 1.54) is 17.5 Å². The van der Waals surface area contributed by atoms with Crippen LogP contribution < -0.4 is 0 Å². The molecule has 0 aromatic heterocycles. The summed E-state index contributed by atoms with van der Waals surface area (Å²) in [6.45, 7) is 13.7. The van der Waals surface area contributed by atoms with E-state index in [0.29, 0.717) is 0 Å². The summed E-state index contributed by atoms with van der Waals surface area (Å²) in [7, 11) is 0. The zero-order chi connectivity index (χ0) is 12.3. The lowest BCUT2D eigenvalue weighted by Gasteiger charge is -2.20. The van der Waals surface area contributed by atoms with Crippen molar-refractivity contribution in [2.75, 3.05) is 0 Å². The van der Waals surface area contributed by atoms with Crippen molar-refractivity contribution >= 4 is 0 Å². The Labute approximate surface area is 101 Å². The molecule has 0 radical (unpaired) electrons. The maximum atomic E-state index is 2.34. The average molecular weight is 218 g/mol. The third-order valence-electron chi connectivity index (χ3n) is 3.52. The van der Waals surface area contributed by atoms with E-state index >= 15 is 0 Å². The monoisotopic (exact) mass is 218 g/mol. The van der Waals surface area contributed by atoms with Crippen LogP contribution in [0.25, 0.3) is 0 Å². The van der Waals surface area contributed by atoms with E-state index in [0.717, 1.165) is 11.8 Å². The maximum Gasteiger partial charge on any atom is -0.0132 e. The lowest BCUT2D eigenvalue weighted by atomic mass is 9.85. The predicted molar refractivity (Wildman–Crippen MR) is 72.8 cm³/mol. The first-order chi connectivity index (χ1) is 7.30. The minimum atomic E-state index is 0.266. The van der Waals surface area contributed by atoms with Crippen molar-refractivity contribution in [3.63, 3.8) is 0 Å². The van der Waals surface area contributed by atoms with Crippen molar-refractivity contribution < 1.29 is 0 Å². The SMILES string of the molecule is CC(C)C(C)Cc1ccc(C(C)(C)C)cc1. The summed E-state index contributed by atoms with van der Waals surface area (Å²) in [5.74, 6) is 1.53. The topological polar surface area (TPSA) is 0 Å². The molecule has 90 valence electrons. The van der Waals surface area contributed by atoms with Gasteiger partial charge in [0.25, 0.3) is 0 Å². The lowest BCUT2D eigenvalue weighted by molar-refractivity contribution is 0.417. The molecular formula is C16H26. The van der Waals surface area contributed by atoms with Crippen molar-refractivity contribution in [1.82, 2.24) is 0 Å². The summed E-state index contributed by atoms with van der Waals surface area (Å²) in [6.07, 6.45) is 1.20. The van der Waals surface area contributed by atoms with E-state index in [9.17, 15) is 0 Å². The van der Waals surface area contributed by atoms with Crippen molar-refractivity contribution in [2.24, 2.45) is 11.8 Å². The van der Waals surface area contributed by atoms with E-state index in [4.69, 9.17) is 0 Å². The second-order valence-corrected chi connectivity index (χ2v) is 6.37. The molecule has 0 bridgehead atoms. The highest BCUT2D eigenvalue weighted by Crippen LogP contribution is 2.23. The van der Waals surface area contributed by atoms with E-state index in [1.54, 1.807) is 0 Å². The van der Waals surface area contributed by atoms with Crippen LogP contribution in [0.4, 0.5) is 0 Å². The Morgan fingerprint density at radius 1 is 0.938 bits per heavy atom. The Morgan fingerprint density at radius 3 is 1.81 bits per heavy atom. The van der Waals surface area contributed by atoms with Crippen LogP contribution in [0, 0.1) is 11.8 Å². The first kappa shape index (κ1) is 13.3. The Morgan fingerprint density at radius 2 is 1.44 bits per heavy atom. The van der Waals surface area contributed by atoms with Gasteiger partial charge >= 0.3 is 0 Å². The van der Waals surface area contributed by atoms with Crippen LogP contribution in [0.15, 0.2) is 24.3 Å². The van der Waals surface area contributed by atoms with Crippen LogP contribution >= 0.6 is 0 Å². The van der Waals surface area contributed by atoms with Gasteiger partial charge in [0.15, 0.2) is 0 Å². The Hall–Kier alpha value is -0.780. The van der Waals surface area contributed by atoms with Gasteiger partial charge in [0, 0.05) is 0 Å². The molecule has 1 atom stereocenters. The molecule has 16 heavy (non-hydrogen) atoms. The first-order valence-corrected chi connectivity index (χ1v) is 6.40. The number of hydrogen-bond donors (Lipinski definition) is 0. The molecule has 0 saturated heterocycles. The molecule has 0 aliphatic carbocycles. The number of benzene rings is 1. The summed E-state index contributed by atoms with van der Waals surface area (Å²) < 4.78 is 0. The van der Waals surface area contributed by atoms with Gasteiger partial charge < -0.3 is 0 Å². The Balaban J connectivity index is 2.72. The van der Waals surface area contributed by atoms with Gasteiger partial charge in [-0.25, -0.2) is 0 Å². The van der Waals surface area contributed by atoms with Crippen molar-refractivity contribution in [1.29, 1.82) is 0 Å². The van der Waals surface area contributed by atoms with E-state index in [-0.39, 0.29) is 5.41 Å². The Bertz CT molecular complexity index is 311. The Kier molecular flexibility index (Phi) is 4.18. The van der Waals surface area contributed by atoms with Crippen LogP contribution in [0.2, 0.25) is 0 Å². The molecule has 1 aromatic rings. The zero-order valence-corrected chi connectivity index (χ0v) is 11.7. The average Bonchev–Trinajstić information content (AvgIpc) is 2.17. The highest BCUT2D eigenvalue weighted by atomic mass is 14.2.